The van der Waals surface area contributed by atoms with E-state index >= 15 is 0 Å². The first-order valence-corrected chi connectivity index (χ1v) is 9.52. The van der Waals surface area contributed by atoms with Crippen molar-refractivity contribution in [1.82, 2.24) is 15.5 Å². The van der Waals surface area contributed by atoms with Crippen LogP contribution in [0.25, 0.3) is 0 Å². The van der Waals surface area contributed by atoms with E-state index in [-0.39, 0.29) is 36.6 Å². The maximum Gasteiger partial charge on any atom is 0.243 e. The summed E-state index contributed by atoms with van der Waals surface area (Å²) in [6, 6.07) is 1.71. The normalized spacial score (nSPS) is 17.4. The van der Waals surface area contributed by atoms with Gasteiger partial charge in [-0.15, -0.1) is 24.0 Å². The van der Waals surface area contributed by atoms with Crippen LogP contribution in [-0.4, -0.2) is 69.2 Å². The predicted molar refractivity (Wildman–Crippen MR) is 121 cm³/mol. The van der Waals surface area contributed by atoms with E-state index in [1.54, 1.807) is 7.05 Å². The van der Waals surface area contributed by atoms with E-state index in [9.17, 15) is 18.0 Å². The molecule has 0 saturated carbocycles. The highest BCUT2D eigenvalue weighted by Crippen LogP contribution is 2.19. The summed E-state index contributed by atoms with van der Waals surface area (Å²) in [7, 11) is 1.55. The summed E-state index contributed by atoms with van der Waals surface area (Å²) < 4.78 is 45.5. The molecule has 1 aliphatic rings. The SMILES string of the molecule is CN=C(NCC(=O)Nc1ccc(F)c(F)c1F)NCC1CN(CC(C)C)CCO1.I. The van der Waals surface area contributed by atoms with Crippen LogP contribution in [0.2, 0.25) is 0 Å². The average Bonchev–Trinajstić information content (AvgIpc) is 2.68. The van der Waals surface area contributed by atoms with Crippen LogP contribution in [-0.2, 0) is 9.53 Å². The van der Waals surface area contributed by atoms with Crippen LogP contribution in [0.1, 0.15) is 13.8 Å². The van der Waals surface area contributed by atoms with Crippen LogP contribution in [0, 0.1) is 23.4 Å². The molecule has 0 aromatic heterocycles. The van der Waals surface area contributed by atoms with Crippen molar-refractivity contribution in [3.63, 3.8) is 0 Å². The molecule has 1 aliphatic heterocycles. The number of carbonyl (C=O) groups excluding carboxylic acids is 1. The molecule has 0 radical (unpaired) electrons. The lowest BCUT2D eigenvalue weighted by molar-refractivity contribution is -0.115. The standard InChI is InChI=1S/C19H28F3N5O2.HI/c1-12(2)10-27-6-7-29-13(11-27)8-24-19(23-3)25-9-16(28)26-15-5-4-14(20)17(21)18(15)22;/h4-5,12-13H,6-11H2,1-3H3,(H,26,28)(H2,23,24,25);1H. The molecule has 3 N–H and O–H groups in total. The number of aliphatic imine (C=N–C) groups is 1. The number of carbonyl (C=O) groups is 1. The molecular weight excluding hydrogens is 514 g/mol. The number of guanidine groups is 1. The summed E-state index contributed by atoms with van der Waals surface area (Å²) in [6.45, 7) is 8.00. The van der Waals surface area contributed by atoms with Crippen LogP contribution in [0.3, 0.4) is 0 Å². The number of hydrogen-bond acceptors (Lipinski definition) is 4. The minimum Gasteiger partial charge on any atom is -0.374 e. The number of nitrogens with zero attached hydrogens (tertiary/aromatic N) is 2. The Morgan fingerprint density at radius 2 is 2.00 bits per heavy atom. The maximum absolute atomic E-state index is 13.6. The molecule has 1 aromatic rings. The van der Waals surface area contributed by atoms with Crippen molar-refractivity contribution in [2.75, 3.05) is 51.7 Å². The van der Waals surface area contributed by atoms with Crippen molar-refractivity contribution in [1.29, 1.82) is 0 Å². The molecule has 1 amide bonds. The van der Waals surface area contributed by atoms with E-state index in [4.69, 9.17) is 4.74 Å². The number of benzene rings is 1. The van der Waals surface area contributed by atoms with Crippen molar-refractivity contribution in [3.05, 3.63) is 29.6 Å². The van der Waals surface area contributed by atoms with Crippen LogP contribution in [0.4, 0.5) is 18.9 Å². The molecule has 1 atom stereocenters. The molecule has 1 unspecified atom stereocenters. The van der Waals surface area contributed by atoms with Crippen LogP contribution >= 0.6 is 24.0 Å². The number of morpholine rings is 1. The maximum atomic E-state index is 13.6. The molecule has 0 bridgehead atoms. The van der Waals surface area contributed by atoms with Gasteiger partial charge in [0.05, 0.1) is 24.9 Å². The second-order valence-electron chi connectivity index (χ2n) is 7.22. The molecule has 1 heterocycles. The van der Waals surface area contributed by atoms with Gasteiger partial charge >= 0.3 is 0 Å². The Morgan fingerprint density at radius 3 is 2.67 bits per heavy atom. The fourth-order valence-electron chi connectivity index (χ4n) is 3.00. The monoisotopic (exact) mass is 543 g/mol. The van der Waals surface area contributed by atoms with E-state index in [1.807, 2.05) is 0 Å². The predicted octanol–water partition coefficient (Wildman–Crippen LogP) is 2.18. The summed E-state index contributed by atoms with van der Waals surface area (Å²) in [5.41, 5.74) is -0.431. The highest BCUT2D eigenvalue weighted by atomic mass is 127. The molecule has 0 spiro atoms. The summed E-state index contributed by atoms with van der Waals surface area (Å²) in [4.78, 5) is 18.3. The molecule has 7 nitrogen and oxygen atoms in total. The van der Waals surface area contributed by atoms with E-state index in [2.05, 4.69) is 39.7 Å². The van der Waals surface area contributed by atoms with Gasteiger partial charge in [-0.2, -0.15) is 0 Å². The van der Waals surface area contributed by atoms with Crippen LogP contribution in [0.5, 0.6) is 0 Å². The van der Waals surface area contributed by atoms with Gasteiger partial charge in [-0.3, -0.25) is 14.7 Å². The van der Waals surface area contributed by atoms with Gasteiger partial charge in [0.2, 0.25) is 5.91 Å². The van der Waals surface area contributed by atoms with Gasteiger partial charge in [0.1, 0.15) is 0 Å². The number of hydrogen-bond donors (Lipinski definition) is 3. The zero-order chi connectivity index (χ0) is 21.4. The summed E-state index contributed by atoms with van der Waals surface area (Å²) in [5, 5.41) is 8.06. The number of anilines is 1. The lowest BCUT2D eigenvalue weighted by Crippen LogP contribution is -2.50. The molecule has 1 fully saturated rings. The molecule has 2 rings (SSSR count). The lowest BCUT2D eigenvalue weighted by atomic mass is 10.2. The Hall–Kier alpha value is -1.60. The van der Waals surface area contributed by atoms with Gasteiger partial charge in [0.25, 0.3) is 0 Å². The summed E-state index contributed by atoms with van der Waals surface area (Å²) >= 11 is 0. The average molecular weight is 543 g/mol. The molecule has 170 valence electrons. The second kappa shape index (κ2) is 13.0. The molecule has 1 saturated heterocycles. The Bertz CT molecular complexity index is 736. The topological polar surface area (TPSA) is 78.0 Å². The van der Waals surface area contributed by atoms with Gasteiger partial charge in [-0.25, -0.2) is 13.2 Å². The fraction of sp³-hybridized carbons (Fsp3) is 0.579. The quantitative estimate of drug-likeness (QED) is 0.213. The third-order valence-corrected chi connectivity index (χ3v) is 4.29. The van der Waals surface area contributed by atoms with Crippen molar-refractivity contribution < 1.29 is 22.7 Å². The van der Waals surface area contributed by atoms with E-state index < -0.39 is 29.0 Å². The Morgan fingerprint density at radius 1 is 1.27 bits per heavy atom. The first kappa shape index (κ1) is 26.4. The Balaban J connectivity index is 0.00000450. The van der Waals surface area contributed by atoms with Gasteiger partial charge in [-0.1, -0.05) is 13.8 Å². The number of nitrogens with one attached hydrogen (secondary N) is 3. The molecular formula is C19H29F3IN5O2. The first-order chi connectivity index (χ1) is 13.8. The minimum atomic E-state index is -1.63. The molecule has 0 aliphatic carbocycles. The Kier molecular flexibility index (Phi) is 11.4. The first-order valence-electron chi connectivity index (χ1n) is 9.52. The smallest absolute Gasteiger partial charge is 0.243 e. The van der Waals surface area contributed by atoms with Gasteiger partial charge in [0.15, 0.2) is 23.4 Å². The molecule has 30 heavy (non-hydrogen) atoms. The van der Waals surface area contributed by atoms with Gasteiger partial charge in [0, 0.05) is 33.2 Å². The van der Waals surface area contributed by atoms with E-state index in [1.165, 1.54) is 0 Å². The lowest BCUT2D eigenvalue weighted by Gasteiger charge is -2.34. The van der Waals surface area contributed by atoms with Crippen molar-refractivity contribution in [2.45, 2.75) is 20.0 Å². The minimum absolute atomic E-state index is 0. The van der Waals surface area contributed by atoms with Crippen molar-refractivity contribution in [2.24, 2.45) is 10.9 Å². The van der Waals surface area contributed by atoms with E-state index in [0.29, 0.717) is 25.0 Å². The highest BCUT2D eigenvalue weighted by Gasteiger charge is 2.21. The second-order valence-corrected chi connectivity index (χ2v) is 7.22. The summed E-state index contributed by atoms with van der Waals surface area (Å²) in [5.74, 6) is -4.08. The largest absolute Gasteiger partial charge is 0.374 e. The van der Waals surface area contributed by atoms with E-state index in [0.717, 1.165) is 31.8 Å². The zero-order valence-corrected chi connectivity index (χ0v) is 19.6. The highest BCUT2D eigenvalue weighted by molar-refractivity contribution is 14.0. The van der Waals surface area contributed by atoms with Gasteiger partial charge < -0.3 is 20.7 Å². The van der Waals surface area contributed by atoms with Crippen LogP contribution in [0.15, 0.2) is 17.1 Å². The summed E-state index contributed by atoms with van der Waals surface area (Å²) in [6.07, 6.45) is -0.00818. The number of ether oxygens (including phenoxy) is 1. The third kappa shape index (κ3) is 8.26. The Labute approximate surface area is 191 Å². The molecule has 1 aromatic carbocycles. The fourth-order valence-corrected chi connectivity index (χ4v) is 3.00. The molecule has 11 heteroatoms. The third-order valence-electron chi connectivity index (χ3n) is 4.29. The van der Waals surface area contributed by atoms with Crippen LogP contribution < -0.4 is 16.0 Å². The number of amides is 1. The van der Waals surface area contributed by atoms with Crippen molar-refractivity contribution in [3.8, 4) is 0 Å². The van der Waals surface area contributed by atoms with Crippen molar-refractivity contribution >= 4 is 41.5 Å². The number of rotatable bonds is 7. The van der Waals surface area contributed by atoms with Gasteiger partial charge in [-0.05, 0) is 18.1 Å². The number of halogens is 4. The zero-order valence-electron chi connectivity index (χ0n) is 17.3.